The highest BCUT2D eigenvalue weighted by Gasteiger charge is 2.24. The molecule has 118 valence electrons. The Morgan fingerprint density at radius 1 is 1.52 bits per heavy atom. The van der Waals surface area contributed by atoms with Gasteiger partial charge in [0.05, 0.1) is 12.5 Å². The van der Waals surface area contributed by atoms with Crippen molar-refractivity contribution in [3.05, 3.63) is 24.2 Å². The van der Waals surface area contributed by atoms with Crippen LogP contribution in [0.25, 0.3) is 0 Å². The Morgan fingerprint density at radius 2 is 2.33 bits per heavy atom. The molecule has 21 heavy (non-hydrogen) atoms. The summed E-state index contributed by atoms with van der Waals surface area (Å²) in [6.45, 7) is 1.78. The first-order valence-electron chi connectivity index (χ1n) is 7.19. The molecule has 0 aromatic carbocycles. The Hall–Kier alpha value is -1.34. The Morgan fingerprint density at radius 3 is 3.00 bits per heavy atom. The van der Waals surface area contributed by atoms with Crippen LogP contribution in [-0.4, -0.2) is 45.1 Å². The molecule has 1 atom stereocenters. The van der Waals surface area contributed by atoms with Gasteiger partial charge in [0.2, 0.25) is 15.9 Å². The van der Waals surface area contributed by atoms with Crippen molar-refractivity contribution in [2.24, 2.45) is 5.92 Å². The van der Waals surface area contributed by atoms with Crippen molar-refractivity contribution in [3.8, 4) is 0 Å². The summed E-state index contributed by atoms with van der Waals surface area (Å²) in [4.78, 5) is 14.0. The average molecular weight is 314 g/mol. The van der Waals surface area contributed by atoms with Crippen LogP contribution in [0.1, 0.15) is 25.0 Å². The van der Waals surface area contributed by atoms with E-state index in [1.807, 2.05) is 17.0 Å². The minimum absolute atomic E-state index is 0.107. The third kappa shape index (κ3) is 5.51. The standard InChI is InChI=1S/C14H22N2O4S/c1-21(18,19)15-10-12-4-2-8-16(11-12)14(17)7-6-13-5-3-9-20-13/h3,5,9,12,15H,2,4,6-8,10-11H2,1H3. The quantitative estimate of drug-likeness (QED) is 0.849. The van der Waals surface area contributed by atoms with Crippen LogP contribution in [0.2, 0.25) is 0 Å². The first-order chi connectivity index (χ1) is 9.94. The van der Waals surface area contributed by atoms with Crippen LogP contribution < -0.4 is 4.72 Å². The highest BCUT2D eigenvalue weighted by Crippen LogP contribution is 2.17. The molecule has 1 saturated heterocycles. The van der Waals surface area contributed by atoms with Crippen LogP contribution in [0, 0.1) is 5.92 Å². The van der Waals surface area contributed by atoms with Crippen molar-refractivity contribution in [2.75, 3.05) is 25.9 Å². The Balaban J connectivity index is 1.78. The number of amides is 1. The van der Waals surface area contributed by atoms with E-state index >= 15 is 0 Å². The largest absolute Gasteiger partial charge is 0.469 e. The van der Waals surface area contributed by atoms with Gasteiger partial charge in [0.25, 0.3) is 0 Å². The van der Waals surface area contributed by atoms with E-state index in [4.69, 9.17) is 4.42 Å². The van der Waals surface area contributed by atoms with Crippen molar-refractivity contribution in [3.63, 3.8) is 0 Å². The monoisotopic (exact) mass is 314 g/mol. The normalized spacial score (nSPS) is 19.7. The Kier molecular flexibility index (Phi) is 5.41. The molecule has 6 nitrogen and oxygen atoms in total. The maximum atomic E-state index is 12.2. The molecule has 1 aliphatic heterocycles. The van der Waals surface area contributed by atoms with Crippen LogP contribution >= 0.6 is 0 Å². The molecule has 0 aliphatic carbocycles. The predicted octanol–water partition coefficient (Wildman–Crippen LogP) is 1.000. The summed E-state index contributed by atoms with van der Waals surface area (Å²) >= 11 is 0. The lowest BCUT2D eigenvalue weighted by molar-refractivity contribution is -0.133. The van der Waals surface area contributed by atoms with Gasteiger partial charge in [-0.25, -0.2) is 13.1 Å². The fraction of sp³-hybridized carbons (Fsp3) is 0.643. The molecule has 7 heteroatoms. The lowest BCUT2D eigenvalue weighted by Crippen LogP contribution is -2.43. The van der Waals surface area contributed by atoms with Gasteiger partial charge in [0.15, 0.2) is 0 Å². The minimum Gasteiger partial charge on any atom is -0.469 e. The van der Waals surface area contributed by atoms with Crippen molar-refractivity contribution in [1.82, 2.24) is 9.62 Å². The van der Waals surface area contributed by atoms with Gasteiger partial charge in [0, 0.05) is 32.5 Å². The number of nitrogens with one attached hydrogen (secondary N) is 1. The van der Waals surface area contributed by atoms with Crippen molar-refractivity contribution in [2.45, 2.75) is 25.7 Å². The molecular weight excluding hydrogens is 292 g/mol. The molecule has 0 saturated carbocycles. The number of sulfonamides is 1. The number of hydrogen-bond acceptors (Lipinski definition) is 4. The van der Waals surface area contributed by atoms with Crippen LogP contribution in [0.15, 0.2) is 22.8 Å². The van der Waals surface area contributed by atoms with Gasteiger partial charge in [-0.2, -0.15) is 0 Å². The Labute approximate surface area is 125 Å². The topological polar surface area (TPSA) is 79.6 Å². The summed E-state index contributed by atoms with van der Waals surface area (Å²) in [6.07, 6.45) is 5.66. The van der Waals surface area contributed by atoms with Gasteiger partial charge in [-0.3, -0.25) is 4.79 Å². The van der Waals surface area contributed by atoms with Crippen molar-refractivity contribution < 1.29 is 17.6 Å². The molecule has 1 N–H and O–H groups in total. The van der Waals surface area contributed by atoms with E-state index in [1.165, 1.54) is 0 Å². The molecular formula is C14H22N2O4S. The summed E-state index contributed by atoms with van der Waals surface area (Å²) < 4.78 is 30.0. The molecule has 1 unspecified atom stereocenters. The van der Waals surface area contributed by atoms with Crippen LogP contribution in [-0.2, 0) is 21.2 Å². The lowest BCUT2D eigenvalue weighted by atomic mass is 9.98. The fourth-order valence-electron chi connectivity index (χ4n) is 2.57. The zero-order valence-electron chi connectivity index (χ0n) is 12.2. The number of furan rings is 1. The molecule has 0 bridgehead atoms. The molecule has 1 aromatic rings. The molecule has 1 aliphatic rings. The number of rotatable bonds is 6. The first kappa shape index (κ1) is 16.0. The highest BCUT2D eigenvalue weighted by atomic mass is 32.2. The van der Waals surface area contributed by atoms with Crippen molar-refractivity contribution in [1.29, 1.82) is 0 Å². The van der Waals surface area contributed by atoms with E-state index in [0.717, 1.165) is 31.4 Å². The maximum Gasteiger partial charge on any atom is 0.223 e. The van der Waals surface area contributed by atoms with E-state index < -0.39 is 10.0 Å². The Bertz CT molecular complexity index is 554. The van der Waals surface area contributed by atoms with Crippen LogP contribution in [0.3, 0.4) is 0 Å². The molecule has 2 rings (SSSR count). The smallest absolute Gasteiger partial charge is 0.223 e. The minimum atomic E-state index is -3.17. The van der Waals surface area contributed by atoms with Gasteiger partial charge < -0.3 is 9.32 Å². The molecule has 0 radical (unpaired) electrons. The second-order valence-corrected chi connectivity index (χ2v) is 7.38. The number of carbonyl (C=O) groups excluding carboxylic acids is 1. The van der Waals surface area contributed by atoms with E-state index in [9.17, 15) is 13.2 Å². The van der Waals surface area contributed by atoms with Gasteiger partial charge >= 0.3 is 0 Å². The number of likely N-dealkylation sites (tertiary alicyclic amines) is 1. The fourth-order valence-corrected chi connectivity index (χ4v) is 3.11. The summed E-state index contributed by atoms with van der Waals surface area (Å²) in [6, 6.07) is 3.68. The lowest BCUT2D eigenvalue weighted by Gasteiger charge is -2.32. The number of hydrogen-bond donors (Lipinski definition) is 1. The highest BCUT2D eigenvalue weighted by molar-refractivity contribution is 7.88. The van der Waals surface area contributed by atoms with E-state index in [-0.39, 0.29) is 11.8 Å². The predicted molar refractivity (Wildman–Crippen MR) is 79.2 cm³/mol. The second-order valence-electron chi connectivity index (χ2n) is 5.55. The molecule has 1 amide bonds. The number of aryl methyl sites for hydroxylation is 1. The molecule has 1 fully saturated rings. The molecule has 1 aromatic heterocycles. The van der Waals surface area contributed by atoms with E-state index in [0.29, 0.717) is 25.9 Å². The molecule has 2 heterocycles. The van der Waals surface area contributed by atoms with E-state index in [2.05, 4.69) is 4.72 Å². The summed E-state index contributed by atoms with van der Waals surface area (Å²) in [7, 11) is -3.17. The summed E-state index contributed by atoms with van der Waals surface area (Å²) in [5.41, 5.74) is 0. The maximum absolute atomic E-state index is 12.2. The number of carbonyl (C=O) groups is 1. The van der Waals surface area contributed by atoms with E-state index in [1.54, 1.807) is 6.26 Å². The SMILES string of the molecule is CS(=O)(=O)NCC1CCCN(C(=O)CCc2ccco2)C1. The van der Waals surface area contributed by atoms with Gasteiger partial charge in [-0.05, 0) is 30.9 Å². The summed E-state index contributed by atoms with van der Waals surface area (Å²) in [5, 5.41) is 0. The number of nitrogens with zero attached hydrogens (tertiary/aromatic N) is 1. The first-order valence-corrected chi connectivity index (χ1v) is 9.08. The van der Waals surface area contributed by atoms with Crippen LogP contribution in [0.5, 0.6) is 0 Å². The number of piperidine rings is 1. The van der Waals surface area contributed by atoms with Crippen LogP contribution in [0.4, 0.5) is 0 Å². The van der Waals surface area contributed by atoms with Gasteiger partial charge in [-0.15, -0.1) is 0 Å². The third-order valence-electron chi connectivity index (χ3n) is 3.67. The summed E-state index contributed by atoms with van der Waals surface area (Å²) in [5.74, 6) is 1.12. The van der Waals surface area contributed by atoms with Gasteiger partial charge in [0.1, 0.15) is 5.76 Å². The average Bonchev–Trinajstić information content (AvgIpc) is 2.95. The zero-order chi connectivity index (χ0) is 15.3. The molecule has 0 spiro atoms. The van der Waals surface area contributed by atoms with Crippen molar-refractivity contribution >= 4 is 15.9 Å². The third-order valence-corrected chi connectivity index (χ3v) is 4.36. The second kappa shape index (κ2) is 7.09. The van der Waals surface area contributed by atoms with Gasteiger partial charge in [-0.1, -0.05) is 0 Å². The zero-order valence-corrected chi connectivity index (χ0v) is 13.1.